The number of nitrogens with one attached hydrogen (secondary N) is 1. The molecule has 2 N–H and O–H groups in total. The molecule has 1 amide bonds. The molecular formula is C13H20N2O4S. The molecule has 0 aliphatic carbocycles. The number of carbonyl (C=O) groups is 1. The Kier molecular flexibility index (Phi) is 4.65. The molecule has 0 aliphatic heterocycles. The molecule has 7 heteroatoms. The van der Waals surface area contributed by atoms with Crippen LogP contribution in [0, 0.1) is 0 Å². The minimum absolute atomic E-state index is 0.109. The summed E-state index contributed by atoms with van der Waals surface area (Å²) in [5.74, 6) is 0. The van der Waals surface area contributed by atoms with Gasteiger partial charge in [0.15, 0.2) is 0 Å². The predicted molar refractivity (Wildman–Crippen MR) is 78.2 cm³/mol. The van der Waals surface area contributed by atoms with Gasteiger partial charge in [-0.1, -0.05) is 18.2 Å². The van der Waals surface area contributed by atoms with Crippen LogP contribution in [0.4, 0.5) is 10.5 Å². The lowest BCUT2D eigenvalue weighted by Crippen LogP contribution is -2.44. The van der Waals surface area contributed by atoms with E-state index >= 15 is 0 Å². The molecule has 0 heterocycles. The Bertz CT molecular complexity index is 591. The van der Waals surface area contributed by atoms with E-state index in [1.54, 1.807) is 45.0 Å². The standard InChI is InChI=1S/C13H20N2O4S/c1-13(2,3)15(12(16)17)9-10-7-5-6-8-11(10)14-20(4,18)19/h5-8,14H,9H2,1-4H3,(H,16,17). The Morgan fingerprint density at radius 2 is 1.85 bits per heavy atom. The van der Waals surface area contributed by atoms with Crippen LogP contribution in [0.3, 0.4) is 0 Å². The maximum Gasteiger partial charge on any atom is 0.408 e. The Morgan fingerprint density at radius 1 is 1.30 bits per heavy atom. The van der Waals surface area contributed by atoms with Gasteiger partial charge in [0.05, 0.1) is 18.5 Å². The van der Waals surface area contributed by atoms with Crippen LogP contribution in [0.25, 0.3) is 0 Å². The third-order valence-corrected chi connectivity index (χ3v) is 3.27. The number of benzene rings is 1. The molecule has 0 aliphatic rings. The summed E-state index contributed by atoms with van der Waals surface area (Å²) in [6.07, 6.45) is 0.00865. The first-order valence-electron chi connectivity index (χ1n) is 6.07. The molecule has 20 heavy (non-hydrogen) atoms. The summed E-state index contributed by atoms with van der Waals surface area (Å²) in [4.78, 5) is 12.6. The summed E-state index contributed by atoms with van der Waals surface area (Å²) in [7, 11) is -3.41. The van der Waals surface area contributed by atoms with Gasteiger partial charge in [-0.3, -0.25) is 9.62 Å². The lowest BCUT2D eigenvalue weighted by molar-refractivity contribution is 0.0957. The van der Waals surface area contributed by atoms with Gasteiger partial charge >= 0.3 is 6.09 Å². The highest BCUT2D eigenvalue weighted by Crippen LogP contribution is 2.23. The lowest BCUT2D eigenvalue weighted by Gasteiger charge is -2.33. The number of sulfonamides is 1. The van der Waals surface area contributed by atoms with Crippen molar-refractivity contribution in [3.63, 3.8) is 0 Å². The third-order valence-electron chi connectivity index (χ3n) is 2.68. The summed E-state index contributed by atoms with van der Waals surface area (Å²) in [6, 6.07) is 6.75. The fraction of sp³-hybridized carbons (Fsp3) is 0.462. The zero-order valence-corrected chi connectivity index (χ0v) is 12.9. The van der Waals surface area contributed by atoms with Gasteiger partial charge in [-0.25, -0.2) is 13.2 Å². The molecule has 0 atom stereocenters. The van der Waals surface area contributed by atoms with E-state index in [4.69, 9.17) is 0 Å². The summed E-state index contributed by atoms with van der Waals surface area (Å²) in [6.45, 7) is 5.46. The quantitative estimate of drug-likeness (QED) is 0.893. The van der Waals surface area contributed by atoms with Crippen LogP contribution in [0.1, 0.15) is 26.3 Å². The van der Waals surface area contributed by atoms with Crippen molar-refractivity contribution in [2.45, 2.75) is 32.9 Å². The number of para-hydroxylation sites is 1. The van der Waals surface area contributed by atoms with E-state index in [-0.39, 0.29) is 6.54 Å². The van der Waals surface area contributed by atoms with Crippen molar-refractivity contribution in [2.24, 2.45) is 0 Å². The van der Waals surface area contributed by atoms with E-state index in [0.717, 1.165) is 6.26 Å². The Hall–Kier alpha value is -1.76. The van der Waals surface area contributed by atoms with Gasteiger partial charge in [0.1, 0.15) is 0 Å². The van der Waals surface area contributed by atoms with Crippen molar-refractivity contribution in [1.29, 1.82) is 0 Å². The predicted octanol–water partition coefficient (Wildman–Crippen LogP) is 2.34. The van der Waals surface area contributed by atoms with Gasteiger partial charge in [-0.05, 0) is 32.4 Å². The highest BCUT2D eigenvalue weighted by molar-refractivity contribution is 7.92. The minimum atomic E-state index is -3.41. The highest BCUT2D eigenvalue weighted by atomic mass is 32.2. The van der Waals surface area contributed by atoms with Crippen molar-refractivity contribution >= 4 is 21.8 Å². The van der Waals surface area contributed by atoms with E-state index in [1.807, 2.05) is 0 Å². The maximum absolute atomic E-state index is 11.3. The summed E-state index contributed by atoms with van der Waals surface area (Å²) in [5, 5.41) is 9.28. The van der Waals surface area contributed by atoms with Crippen LogP contribution in [0.5, 0.6) is 0 Å². The zero-order chi connectivity index (χ0) is 15.6. The normalized spacial score (nSPS) is 12.0. The Balaban J connectivity index is 3.11. The number of amides is 1. The van der Waals surface area contributed by atoms with Gasteiger partial charge in [0.25, 0.3) is 0 Å². The van der Waals surface area contributed by atoms with Crippen LogP contribution in [0.15, 0.2) is 24.3 Å². The molecular weight excluding hydrogens is 280 g/mol. The summed E-state index contributed by atoms with van der Waals surface area (Å²) >= 11 is 0. The van der Waals surface area contributed by atoms with Gasteiger partial charge in [0.2, 0.25) is 10.0 Å². The molecule has 1 rings (SSSR count). The maximum atomic E-state index is 11.3. The van der Waals surface area contributed by atoms with E-state index < -0.39 is 21.7 Å². The Morgan fingerprint density at radius 3 is 2.30 bits per heavy atom. The number of rotatable bonds is 4. The first-order valence-corrected chi connectivity index (χ1v) is 7.96. The third kappa shape index (κ3) is 4.73. The molecule has 0 saturated heterocycles. The zero-order valence-electron chi connectivity index (χ0n) is 12.0. The van der Waals surface area contributed by atoms with Crippen LogP contribution in [0.2, 0.25) is 0 Å². The van der Waals surface area contributed by atoms with Gasteiger partial charge in [-0.15, -0.1) is 0 Å². The second kappa shape index (κ2) is 5.70. The second-order valence-corrected chi connectivity index (χ2v) is 7.32. The highest BCUT2D eigenvalue weighted by Gasteiger charge is 2.26. The van der Waals surface area contributed by atoms with Crippen LogP contribution in [-0.2, 0) is 16.6 Å². The number of hydrogen-bond acceptors (Lipinski definition) is 3. The van der Waals surface area contributed by atoms with Gasteiger partial charge in [-0.2, -0.15) is 0 Å². The SMILES string of the molecule is CC(C)(C)N(Cc1ccccc1NS(C)(=O)=O)C(=O)O. The number of carboxylic acid groups (broad SMARTS) is 1. The average Bonchev–Trinajstić information content (AvgIpc) is 2.23. The summed E-state index contributed by atoms with van der Waals surface area (Å²) < 4.78 is 25.1. The summed E-state index contributed by atoms with van der Waals surface area (Å²) in [5.41, 5.74) is 0.421. The molecule has 112 valence electrons. The topological polar surface area (TPSA) is 86.7 Å². The van der Waals surface area contributed by atoms with Crippen molar-refractivity contribution in [3.05, 3.63) is 29.8 Å². The number of anilines is 1. The fourth-order valence-corrected chi connectivity index (χ4v) is 2.32. The molecule has 0 aromatic heterocycles. The largest absolute Gasteiger partial charge is 0.465 e. The van der Waals surface area contributed by atoms with Crippen molar-refractivity contribution in [1.82, 2.24) is 4.90 Å². The monoisotopic (exact) mass is 300 g/mol. The molecule has 1 aromatic carbocycles. The molecule has 0 saturated carbocycles. The van der Waals surface area contributed by atoms with Crippen molar-refractivity contribution < 1.29 is 18.3 Å². The van der Waals surface area contributed by atoms with Crippen molar-refractivity contribution in [3.8, 4) is 0 Å². The Labute approximate surface area is 119 Å². The second-order valence-electron chi connectivity index (χ2n) is 5.57. The van der Waals surface area contributed by atoms with Gasteiger partial charge < -0.3 is 5.11 Å². The smallest absolute Gasteiger partial charge is 0.408 e. The van der Waals surface area contributed by atoms with Crippen molar-refractivity contribution in [2.75, 3.05) is 11.0 Å². The number of nitrogens with zero attached hydrogens (tertiary/aromatic N) is 1. The number of hydrogen-bond donors (Lipinski definition) is 2. The molecule has 6 nitrogen and oxygen atoms in total. The van der Waals surface area contributed by atoms with E-state index in [1.165, 1.54) is 4.90 Å². The van der Waals surface area contributed by atoms with Crippen LogP contribution < -0.4 is 4.72 Å². The average molecular weight is 300 g/mol. The molecule has 0 unspecified atom stereocenters. The van der Waals surface area contributed by atoms with E-state index in [9.17, 15) is 18.3 Å². The van der Waals surface area contributed by atoms with E-state index in [2.05, 4.69) is 4.72 Å². The molecule has 0 fully saturated rings. The lowest BCUT2D eigenvalue weighted by atomic mass is 10.0. The molecule has 1 aromatic rings. The van der Waals surface area contributed by atoms with E-state index in [0.29, 0.717) is 11.3 Å². The molecule has 0 radical (unpaired) electrons. The first kappa shape index (κ1) is 16.3. The molecule has 0 bridgehead atoms. The van der Waals surface area contributed by atoms with Crippen LogP contribution >= 0.6 is 0 Å². The van der Waals surface area contributed by atoms with Gasteiger partial charge in [0, 0.05) is 5.54 Å². The van der Waals surface area contributed by atoms with Crippen LogP contribution in [-0.4, -0.2) is 36.3 Å². The first-order chi connectivity index (χ1) is 9.00. The molecule has 0 spiro atoms. The fourth-order valence-electron chi connectivity index (χ4n) is 1.72. The minimum Gasteiger partial charge on any atom is -0.465 e.